The fraction of sp³-hybridized carbons (Fsp3) is 0.647. The summed E-state index contributed by atoms with van der Waals surface area (Å²) < 4.78 is 6.98. The van der Waals surface area contributed by atoms with Gasteiger partial charge in [0.05, 0.1) is 6.61 Å². The van der Waals surface area contributed by atoms with Crippen LogP contribution < -0.4 is 10.1 Å². The van der Waals surface area contributed by atoms with Gasteiger partial charge in [-0.15, -0.1) is 0 Å². The van der Waals surface area contributed by atoms with Crippen molar-refractivity contribution in [2.75, 3.05) is 26.2 Å². The Kier molecular flexibility index (Phi) is 5.19. The fourth-order valence-electron chi connectivity index (χ4n) is 3.47. The molecule has 1 aromatic rings. The summed E-state index contributed by atoms with van der Waals surface area (Å²) in [5.41, 5.74) is 1.31. The molecule has 2 atom stereocenters. The smallest absolute Gasteiger partial charge is 0.125 e. The van der Waals surface area contributed by atoms with Crippen LogP contribution in [-0.2, 0) is 0 Å². The van der Waals surface area contributed by atoms with Gasteiger partial charge in [0.1, 0.15) is 5.75 Å². The van der Waals surface area contributed by atoms with Gasteiger partial charge in [-0.05, 0) is 57.8 Å². The lowest BCUT2D eigenvalue weighted by atomic mass is 10.0. The molecule has 2 aliphatic heterocycles. The number of nitrogens with one attached hydrogen (secondary N) is 1. The Morgan fingerprint density at radius 1 is 1.33 bits per heavy atom. The summed E-state index contributed by atoms with van der Waals surface area (Å²) >= 11 is 3.54. The predicted octanol–water partition coefficient (Wildman–Crippen LogP) is 3.74. The van der Waals surface area contributed by atoms with Crippen LogP contribution in [0.25, 0.3) is 0 Å². The van der Waals surface area contributed by atoms with Gasteiger partial charge >= 0.3 is 0 Å². The van der Waals surface area contributed by atoms with Gasteiger partial charge in [-0.25, -0.2) is 0 Å². The van der Waals surface area contributed by atoms with Crippen LogP contribution in [0.15, 0.2) is 22.7 Å². The lowest BCUT2D eigenvalue weighted by Gasteiger charge is -2.26. The summed E-state index contributed by atoms with van der Waals surface area (Å²) in [7, 11) is 0. The molecular formula is C17H25BrN2O. The lowest BCUT2D eigenvalue weighted by molar-refractivity contribution is 0.281. The van der Waals surface area contributed by atoms with Crippen molar-refractivity contribution in [3.05, 3.63) is 28.2 Å². The standard InChI is InChI=1S/C17H25BrN2O/c1-13(12-20-8-2-3-9-20)19-16-5-4-10-21-17-11-14(18)6-7-15(16)17/h6-7,11,13,16,19H,2-5,8-10,12H2,1H3. The predicted molar refractivity (Wildman–Crippen MR) is 89.9 cm³/mol. The van der Waals surface area contributed by atoms with Crippen molar-refractivity contribution < 1.29 is 4.74 Å². The molecule has 0 amide bonds. The molecule has 116 valence electrons. The summed E-state index contributed by atoms with van der Waals surface area (Å²) in [5, 5.41) is 3.82. The third kappa shape index (κ3) is 3.99. The van der Waals surface area contributed by atoms with Crippen molar-refractivity contribution in [2.45, 2.75) is 44.7 Å². The quantitative estimate of drug-likeness (QED) is 0.893. The van der Waals surface area contributed by atoms with E-state index in [0.29, 0.717) is 12.1 Å². The minimum absolute atomic E-state index is 0.410. The van der Waals surface area contributed by atoms with Crippen LogP contribution in [0.2, 0.25) is 0 Å². The largest absolute Gasteiger partial charge is 0.493 e. The first-order valence-electron chi connectivity index (χ1n) is 8.13. The van der Waals surface area contributed by atoms with Crippen LogP contribution in [-0.4, -0.2) is 37.2 Å². The Morgan fingerprint density at radius 3 is 2.95 bits per heavy atom. The van der Waals surface area contributed by atoms with Gasteiger partial charge in [0.2, 0.25) is 0 Å². The molecule has 0 bridgehead atoms. The normalized spacial score (nSPS) is 24.2. The molecule has 1 aromatic carbocycles. The lowest BCUT2D eigenvalue weighted by Crippen LogP contribution is -2.39. The maximum Gasteiger partial charge on any atom is 0.125 e. The van der Waals surface area contributed by atoms with Crippen molar-refractivity contribution >= 4 is 15.9 Å². The van der Waals surface area contributed by atoms with Gasteiger partial charge in [0, 0.05) is 28.7 Å². The Labute approximate surface area is 136 Å². The van der Waals surface area contributed by atoms with E-state index in [9.17, 15) is 0 Å². The zero-order chi connectivity index (χ0) is 14.7. The summed E-state index contributed by atoms with van der Waals surface area (Å²) in [4.78, 5) is 2.58. The highest BCUT2D eigenvalue weighted by atomic mass is 79.9. The first kappa shape index (κ1) is 15.3. The van der Waals surface area contributed by atoms with E-state index in [2.05, 4.69) is 51.3 Å². The first-order valence-corrected chi connectivity index (χ1v) is 8.92. The second-order valence-electron chi connectivity index (χ2n) is 6.30. The molecular weight excluding hydrogens is 328 g/mol. The van der Waals surface area contributed by atoms with E-state index in [1.807, 2.05) is 0 Å². The Bertz CT molecular complexity index is 474. The molecule has 2 heterocycles. The van der Waals surface area contributed by atoms with Crippen molar-refractivity contribution in [2.24, 2.45) is 0 Å². The SMILES string of the molecule is CC(CN1CCCC1)NC1CCCOc2cc(Br)ccc21. The molecule has 0 saturated carbocycles. The number of ether oxygens (including phenoxy) is 1. The molecule has 21 heavy (non-hydrogen) atoms. The topological polar surface area (TPSA) is 24.5 Å². The number of benzene rings is 1. The molecule has 1 fully saturated rings. The molecule has 1 N–H and O–H groups in total. The maximum absolute atomic E-state index is 5.89. The molecule has 1 saturated heterocycles. The van der Waals surface area contributed by atoms with Crippen LogP contribution in [0.3, 0.4) is 0 Å². The highest BCUT2D eigenvalue weighted by Crippen LogP contribution is 2.34. The average Bonchev–Trinajstić information content (AvgIpc) is 2.87. The number of hydrogen-bond donors (Lipinski definition) is 1. The second kappa shape index (κ2) is 7.12. The van der Waals surface area contributed by atoms with Crippen LogP contribution in [0.5, 0.6) is 5.75 Å². The minimum Gasteiger partial charge on any atom is -0.493 e. The van der Waals surface area contributed by atoms with E-state index in [1.165, 1.54) is 31.5 Å². The van der Waals surface area contributed by atoms with Gasteiger partial charge < -0.3 is 15.0 Å². The second-order valence-corrected chi connectivity index (χ2v) is 7.22. The Morgan fingerprint density at radius 2 is 2.14 bits per heavy atom. The van der Waals surface area contributed by atoms with Gasteiger partial charge in [-0.1, -0.05) is 22.0 Å². The molecule has 0 aliphatic carbocycles. The number of fused-ring (bicyclic) bond motifs is 1. The van der Waals surface area contributed by atoms with Gasteiger partial charge in [-0.2, -0.15) is 0 Å². The summed E-state index contributed by atoms with van der Waals surface area (Å²) in [5.74, 6) is 1.03. The summed E-state index contributed by atoms with van der Waals surface area (Å²) in [6.45, 7) is 6.82. The third-order valence-electron chi connectivity index (χ3n) is 4.46. The molecule has 4 heteroatoms. The summed E-state index contributed by atoms with van der Waals surface area (Å²) in [6.07, 6.45) is 4.99. The Hall–Kier alpha value is -0.580. The van der Waals surface area contributed by atoms with Crippen LogP contribution in [0.1, 0.15) is 44.2 Å². The van der Waals surface area contributed by atoms with Crippen molar-refractivity contribution in [3.63, 3.8) is 0 Å². The fourth-order valence-corrected chi connectivity index (χ4v) is 3.81. The molecule has 0 spiro atoms. The van der Waals surface area contributed by atoms with Crippen LogP contribution in [0, 0.1) is 0 Å². The number of hydrogen-bond acceptors (Lipinski definition) is 3. The van der Waals surface area contributed by atoms with Crippen molar-refractivity contribution in [1.29, 1.82) is 0 Å². The van der Waals surface area contributed by atoms with Gasteiger partial charge in [0.15, 0.2) is 0 Å². The number of halogens is 1. The molecule has 0 aromatic heterocycles. The minimum atomic E-state index is 0.410. The monoisotopic (exact) mass is 352 g/mol. The van der Waals surface area contributed by atoms with E-state index in [0.717, 1.165) is 36.2 Å². The van der Waals surface area contributed by atoms with E-state index in [4.69, 9.17) is 4.74 Å². The molecule has 3 nitrogen and oxygen atoms in total. The molecule has 3 rings (SSSR count). The number of nitrogens with zero attached hydrogens (tertiary/aromatic N) is 1. The molecule has 2 unspecified atom stereocenters. The highest BCUT2D eigenvalue weighted by Gasteiger charge is 2.22. The summed E-state index contributed by atoms with van der Waals surface area (Å²) in [6, 6.07) is 7.34. The zero-order valence-corrected chi connectivity index (χ0v) is 14.4. The molecule has 0 radical (unpaired) electrons. The van der Waals surface area contributed by atoms with E-state index in [-0.39, 0.29) is 0 Å². The van der Waals surface area contributed by atoms with E-state index in [1.54, 1.807) is 0 Å². The molecule has 2 aliphatic rings. The van der Waals surface area contributed by atoms with Gasteiger partial charge in [0.25, 0.3) is 0 Å². The average molecular weight is 353 g/mol. The van der Waals surface area contributed by atoms with E-state index >= 15 is 0 Å². The third-order valence-corrected chi connectivity index (χ3v) is 4.96. The first-order chi connectivity index (χ1) is 10.2. The van der Waals surface area contributed by atoms with E-state index < -0.39 is 0 Å². The maximum atomic E-state index is 5.89. The van der Waals surface area contributed by atoms with Gasteiger partial charge in [-0.3, -0.25) is 0 Å². The number of likely N-dealkylation sites (tertiary alicyclic amines) is 1. The highest BCUT2D eigenvalue weighted by molar-refractivity contribution is 9.10. The Balaban J connectivity index is 1.67. The number of rotatable bonds is 4. The zero-order valence-electron chi connectivity index (χ0n) is 12.8. The van der Waals surface area contributed by atoms with Crippen molar-refractivity contribution in [1.82, 2.24) is 10.2 Å². The van der Waals surface area contributed by atoms with Crippen molar-refractivity contribution in [3.8, 4) is 5.75 Å². The van der Waals surface area contributed by atoms with Crippen LogP contribution >= 0.6 is 15.9 Å². The van der Waals surface area contributed by atoms with Crippen LogP contribution in [0.4, 0.5) is 0 Å².